The zero-order valence-electron chi connectivity index (χ0n) is 12.5. The molecule has 0 fully saturated rings. The minimum atomic E-state index is -0.117. The van der Waals surface area contributed by atoms with Crippen LogP contribution in [0.4, 0.5) is 0 Å². The normalized spacial score (nSPS) is 14.1. The Morgan fingerprint density at radius 3 is 2.71 bits per heavy atom. The van der Waals surface area contributed by atoms with Crippen molar-refractivity contribution < 1.29 is 14.6 Å². The van der Waals surface area contributed by atoms with Crippen LogP contribution in [0.3, 0.4) is 0 Å². The van der Waals surface area contributed by atoms with Crippen molar-refractivity contribution in [3.05, 3.63) is 53.0 Å². The summed E-state index contributed by atoms with van der Waals surface area (Å²) in [7, 11) is 0. The van der Waals surface area contributed by atoms with Crippen LogP contribution in [-0.4, -0.2) is 23.3 Å². The van der Waals surface area contributed by atoms with E-state index >= 15 is 0 Å². The third-order valence-electron chi connectivity index (χ3n) is 3.67. The van der Waals surface area contributed by atoms with Gasteiger partial charge in [-0.15, -0.1) is 11.3 Å². The molecule has 0 atom stereocenters. The smallest absolute Gasteiger partial charge is 0.162 e. The first-order valence-corrected chi connectivity index (χ1v) is 8.17. The first kappa shape index (κ1) is 14.5. The summed E-state index contributed by atoms with van der Waals surface area (Å²) >= 11 is 1.37. The lowest BCUT2D eigenvalue weighted by Crippen LogP contribution is -2.15. The largest absolute Gasteiger partial charge is 0.506 e. The molecule has 24 heavy (non-hydrogen) atoms. The van der Waals surface area contributed by atoms with Gasteiger partial charge in [0.1, 0.15) is 35.6 Å². The van der Waals surface area contributed by atoms with Crippen molar-refractivity contribution >= 4 is 32.9 Å². The van der Waals surface area contributed by atoms with E-state index in [1.165, 1.54) is 11.3 Å². The minimum absolute atomic E-state index is 0.117. The molecule has 0 amide bonds. The van der Waals surface area contributed by atoms with Crippen molar-refractivity contribution in [3.8, 4) is 17.6 Å². The number of nitrogens with zero attached hydrogens (tertiary/aromatic N) is 2. The lowest BCUT2D eigenvalue weighted by molar-refractivity contribution is 0.171. The number of thiazole rings is 1. The van der Waals surface area contributed by atoms with Gasteiger partial charge in [-0.3, -0.25) is 0 Å². The van der Waals surface area contributed by atoms with Crippen LogP contribution in [0.2, 0.25) is 0 Å². The Morgan fingerprint density at radius 1 is 1.12 bits per heavy atom. The Hall–Kier alpha value is -3.04. The monoisotopic (exact) mass is 336 g/mol. The highest BCUT2D eigenvalue weighted by atomic mass is 32.1. The predicted molar refractivity (Wildman–Crippen MR) is 92.1 cm³/mol. The van der Waals surface area contributed by atoms with Gasteiger partial charge in [-0.25, -0.2) is 4.98 Å². The maximum absolute atomic E-state index is 10.6. The van der Waals surface area contributed by atoms with Gasteiger partial charge in [-0.2, -0.15) is 5.26 Å². The zero-order chi connectivity index (χ0) is 16.5. The Morgan fingerprint density at radius 2 is 1.92 bits per heavy atom. The average molecular weight is 336 g/mol. The van der Waals surface area contributed by atoms with E-state index in [0.717, 1.165) is 10.2 Å². The summed E-state index contributed by atoms with van der Waals surface area (Å²) in [5.41, 5.74) is 1.45. The second-order valence-corrected chi connectivity index (χ2v) is 6.21. The Balaban J connectivity index is 1.81. The van der Waals surface area contributed by atoms with E-state index in [0.29, 0.717) is 35.3 Å². The summed E-state index contributed by atoms with van der Waals surface area (Å²) in [6, 6.07) is 14.8. The maximum Gasteiger partial charge on any atom is 0.162 e. The van der Waals surface area contributed by atoms with Crippen LogP contribution in [0.1, 0.15) is 10.6 Å². The maximum atomic E-state index is 10.6. The van der Waals surface area contributed by atoms with Crippen LogP contribution in [0.5, 0.6) is 11.5 Å². The van der Waals surface area contributed by atoms with Gasteiger partial charge in [0.2, 0.25) is 0 Å². The standard InChI is InChI=1S/C18H12N2O3S/c19-10-12(18-20-13-3-1-2-4-16(13)24-18)17(21)11-5-6-14-15(9-11)23-8-7-22-14/h1-6,9,21H,7-8H2. The summed E-state index contributed by atoms with van der Waals surface area (Å²) < 4.78 is 12.0. The number of allylic oxidation sites excluding steroid dienone is 1. The van der Waals surface area contributed by atoms with Crippen molar-refractivity contribution in [3.63, 3.8) is 0 Å². The highest BCUT2D eigenvalue weighted by Crippen LogP contribution is 2.35. The van der Waals surface area contributed by atoms with Crippen LogP contribution in [0.25, 0.3) is 21.5 Å². The fourth-order valence-electron chi connectivity index (χ4n) is 2.52. The van der Waals surface area contributed by atoms with E-state index in [-0.39, 0.29) is 11.3 Å². The van der Waals surface area contributed by atoms with Crippen LogP contribution in [0, 0.1) is 11.3 Å². The molecule has 1 aliphatic rings. The lowest BCUT2D eigenvalue weighted by Gasteiger charge is -2.18. The van der Waals surface area contributed by atoms with Crippen LogP contribution < -0.4 is 9.47 Å². The molecule has 0 aliphatic carbocycles. The molecule has 1 aromatic heterocycles. The number of fused-ring (bicyclic) bond motifs is 2. The number of aromatic nitrogens is 1. The van der Waals surface area contributed by atoms with E-state index in [4.69, 9.17) is 9.47 Å². The molecule has 4 rings (SSSR count). The van der Waals surface area contributed by atoms with Crippen molar-refractivity contribution in [1.82, 2.24) is 4.98 Å². The third kappa shape index (κ3) is 2.45. The summed E-state index contributed by atoms with van der Waals surface area (Å²) in [6.45, 7) is 0.966. The summed E-state index contributed by atoms with van der Waals surface area (Å²) in [4.78, 5) is 4.44. The van der Waals surface area contributed by atoms with Gasteiger partial charge in [-0.1, -0.05) is 12.1 Å². The molecule has 0 radical (unpaired) electrons. The molecule has 0 saturated heterocycles. The molecule has 2 aromatic carbocycles. The first-order valence-electron chi connectivity index (χ1n) is 7.35. The summed E-state index contributed by atoms with van der Waals surface area (Å²) in [5, 5.41) is 20.6. The number of hydrogen-bond donors (Lipinski definition) is 1. The van der Waals surface area contributed by atoms with Crippen LogP contribution in [0.15, 0.2) is 42.5 Å². The molecule has 0 saturated carbocycles. The van der Waals surface area contributed by atoms with Gasteiger partial charge in [0.25, 0.3) is 0 Å². The minimum Gasteiger partial charge on any atom is -0.506 e. The number of benzene rings is 2. The van der Waals surface area contributed by atoms with Gasteiger partial charge in [-0.05, 0) is 30.3 Å². The van der Waals surface area contributed by atoms with E-state index in [1.807, 2.05) is 24.3 Å². The zero-order valence-corrected chi connectivity index (χ0v) is 13.3. The molecule has 1 aliphatic heterocycles. The van der Waals surface area contributed by atoms with Crippen molar-refractivity contribution in [2.75, 3.05) is 13.2 Å². The molecular formula is C18H12N2O3S. The first-order chi connectivity index (χ1) is 11.8. The van der Waals surface area contributed by atoms with Crippen LogP contribution >= 0.6 is 11.3 Å². The lowest BCUT2D eigenvalue weighted by atomic mass is 10.1. The van der Waals surface area contributed by atoms with Gasteiger partial charge >= 0.3 is 0 Å². The topological polar surface area (TPSA) is 75.4 Å². The van der Waals surface area contributed by atoms with Crippen LogP contribution in [-0.2, 0) is 0 Å². The highest BCUT2D eigenvalue weighted by molar-refractivity contribution is 7.19. The molecule has 118 valence electrons. The van der Waals surface area contributed by atoms with Gasteiger partial charge < -0.3 is 14.6 Å². The number of rotatable bonds is 2. The number of aliphatic hydroxyl groups is 1. The van der Waals surface area contributed by atoms with Crippen molar-refractivity contribution in [2.45, 2.75) is 0 Å². The fraction of sp³-hybridized carbons (Fsp3) is 0.111. The van der Waals surface area contributed by atoms with Crippen molar-refractivity contribution in [2.24, 2.45) is 0 Å². The summed E-state index contributed by atoms with van der Waals surface area (Å²) in [5.74, 6) is 1.08. The molecule has 1 N–H and O–H groups in total. The SMILES string of the molecule is N#CC(=C(O)c1ccc2c(c1)OCCO2)c1nc2ccccc2s1. The molecule has 6 heteroatoms. The quantitative estimate of drug-likeness (QED) is 0.565. The number of aliphatic hydroxyl groups excluding tert-OH is 1. The van der Waals surface area contributed by atoms with E-state index in [2.05, 4.69) is 11.1 Å². The van der Waals surface area contributed by atoms with Gasteiger partial charge in [0.15, 0.2) is 11.5 Å². The summed E-state index contributed by atoms with van der Waals surface area (Å²) in [6.07, 6.45) is 0. The van der Waals surface area contributed by atoms with E-state index < -0.39 is 0 Å². The third-order valence-corrected chi connectivity index (χ3v) is 4.73. The highest BCUT2D eigenvalue weighted by Gasteiger charge is 2.18. The average Bonchev–Trinajstić information content (AvgIpc) is 3.05. The molecule has 0 spiro atoms. The number of hydrogen-bond acceptors (Lipinski definition) is 6. The second-order valence-electron chi connectivity index (χ2n) is 5.18. The molecule has 2 heterocycles. The van der Waals surface area contributed by atoms with Crippen molar-refractivity contribution in [1.29, 1.82) is 5.26 Å². The Kier molecular flexibility index (Phi) is 3.56. The molecule has 3 aromatic rings. The molecule has 5 nitrogen and oxygen atoms in total. The number of para-hydroxylation sites is 1. The fourth-order valence-corrected chi connectivity index (χ4v) is 3.48. The van der Waals surface area contributed by atoms with E-state index in [1.54, 1.807) is 18.2 Å². The second kappa shape index (κ2) is 5.87. The number of ether oxygens (including phenoxy) is 2. The Labute approximate surface area is 142 Å². The molecule has 0 bridgehead atoms. The Bertz CT molecular complexity index is 968. The van der Waals surface area contributed by atoms with E-state index in [9.17, 15) is 10.4 Å². The van der Waals surface area contributed by atoms with Gasteiger partial charge in [0.05, 0.1) is 10.2 Å². The number of nitriles is 1. The predicted octanol–water partition coefficient (Wildman–Crippen LogP) is 4.02. The molecular weight excluding hydrogens is 324 g/mol. The molecule has 0 unspecified atom stereocenters. The van der Waals surface area contributed by atoms with Gasteiger partial charge in [0, 0.05) is 5.56 Å².